The Kier molecular flexibility index (Phi) is 18.6. The maximum atomic E-state index is 15.4. The zero-order valence-electron chi connectivity index (χ0n) is 49.0. The fourth-order valence-corrected chi connectivity index (χ4v) is 17.4. The van der Waals surface area contributed by atoms with Gasteiger partial charge < -0.3 is 134 Å². The quantitative estimate of drug-likeness (QED) is 0.0439. The highest BCUT2D eigenvalue weighted by Crippen LogP contribution is 2.76. The summed E-state index contributed by atoms with van der Waals surface area (Å²) in [5.74, 6) is -4.37. The van der Waals surface area contributed by atoms with Crippen LogP contribution in [0.4, 0.5) is 0 Å². The van der Waals surface area contributed by atoms with Crippen molar-refractivity contribution in [3.05, 3.63) is 11.6 Å². The number of hydrogen-bond donors (Lipinski definition) is 17. The third-order valence-corrected chi connectivity index (χ3v) is 22.6. The molecule has 492 valence electrons. The molecule has 10 aliphatic rings. The minimum Gasteiger partial charge on any atom is -0.481 e. The molecule has 0 amide bonds. The average molecular weight is 1240 g/mol. The van der Waals surface area contributed by atoms with Gasteiger partial charge in [-0.2, -0.15) is 0 Å². The first-order valence-corrected chi connectivity index (χ1v) is 29.9. The molecule has 0 radical (unpaired) electrons. The molecule has 32 atom stereocenters. The third-order valence-electron chi connectivity index (χ3n) is 22.6. The number of aliphatic hydroxyl groups is 16. The molecular weight excluding hydrogens is 1150 g/mol. The van der Waals surface area contributed by atoms with E-state index in [4.69, 9.17) is 47.4 Å². The van der Waals surface area contributed by atoms with Crippen molar-refractivity contribution in [2.75, 3.05) is 39.6 Å². The van der Waals surface area contributed by atoms with Crippen LogP contribution < -0.4 is 0 Å². The van der Waals surface area contributed by atoms with Crippen molar-refractivity contribution in [2.45, 2.75) is 240 Å². The van der Waals surface area contributed by atoms with E-state index in [1.807, 2.05) is 19.9 Å². The van der Waals surface area contributed by atoms with Crippen LogP contribution in [0.3, 0.4) is 0 Å². The predicted molar refractivity (Wildman–Crippen MR) is 282 cm³/mol. The molecule has 4 saturated carbocycles. The standard InChI is InChI=1S/C57H90O29/c1-22-39(82-44-38(71)40(27(63)18-77-44)83-48-42(72)55(76,19-59)21-79-48)35(68)37(70)45(80-22)84-41-32(65)26(62)17-78-47(41)86-50(75)56-12-11-51(2,3)13-24(56)23-7-8-29-52(4)14-25(61)43(85-46-36(69)34(67)33(66)28(16-58)81-46)57(20-60,49(73)74)30(52)9-10-53(29,5)54(23,6)15-31(56)64/h7,22,24-48,58-72,76H,8-21H2,1-6H3,(H,73,74)/t22-,24-,25-,26-,27+,28+,29?,30?,31+,32-,33+,34-,35-,36+,37+,38+,39-,40-,41+,42-,43-,44-,45-,46-,47-,48-,52+,53+,54+,55+,56+,57+/m0/s1. The van der Waals surface area contributed by atoms with Crippen molar-refractivity contribution in [1.82, 2.24) is 0 Å². The van der Waals surface area contributed by atoms with E-state index in [-0.39, 0.29) is 31.1 Å². The van der Waals surface area contributed by atoms with E-state index in [0.717, 1.165) is 5.57 Å². The molecule has 17 N–H and O–H groups in total. The second-order valence-electron chi connectivity index (χ2n) is 27.8. The monoisotopic (exact) mass is 1240 g/mol. The maximum Gasteiger partial charge on any atom is 0.317 e. The van der Waals surface area contributed by atoms with Crippen LogP contribution >= 0.6 is 0 Å². The Morgan fingerprint density at radius 3 is 1.91 bits per heavy atom. The summed E-state index contributed by atoms with van der Waals surface area (Å²) in [7, 11) is 0. The fourth-order valence-electron chi connectivity index (χ4n) is 17.4. The lowest BCUT2D eigenvalue weighted by Crippen LogP contribution is -2.72. The maximum absolute atomic E-state index is 15.4. The second kappa shape index (κ2) is 24.0. The molecule has 5 aliphatic heterocycles. The molecular formula is C57H90O29. The summed E-state index contributed by atoms with van der Waals surface area (Å²) < 4.78 is 58.2. The van der Waals surface area contributed by atoms with E-state index in [1.54, 1.807) is 0 Å². The van der Waals surface area contributed by atoms with Gasteiger partial charge in [-0.3, -0.25) is 9.59 Å². The van der Waals surface area contributed by atoms with Crippen LogP contribution in [0.25, 0.3) is 0 Å². The van der Waals surface area contributed by atoms with Crippen molar-refractivity contribution in [1.29, 1.82) is 0 Å². The number of esters is 1. The first kappa shape index (κ1) is 66.6. The predicted octanol–water partition coefficient (Wildman–Crippen LogP) is -5.29. The molecule has 5 saturated heterocycles. The second-order valence-corrected chi connectivity index (χ2v) is 27.8. The normalized spacial score (nSPS) is 54.6. The van der Waals surface area contributed by atoms with Gasteiger partial charge in [0.2, 0.25) is 6.29 Å². The molecule has 10 rings (SSSR count). The average Bonchev–Trinajstić information content (AvgIpc) is 0.892. The van der Waals surface area contributed by atoms with E-state index in [2.05, 4.69) is 20.8 Å². The van der Waals surface area contributed by atoms with Crippen molar-refractivity contribution < 1.29 is 144 Å². The lowest BCUT2D eigenvalue weighted by Gasteiger charge is -2.72. The SMILES string of the molecule is C[C@@H]1O[C@@H](O[C@H]2[C@H](OC(=O)[C@]34CCC(C)(C)C[C@H]3C3=CCC5[C@@]6(C)C[C@H](O)[C@H](O[C@@H]7O[C@H](CO)[C@@H](O)[C@H](O)[C@H]7O)[C@](CO)(C(=O)O)C6CC[C@@]5(C)[C@]3(C)C[C@H]4O)OC[C@H](O)[C@@H]2O)[C@H](O)[C@H](O)[C@H]1O[C@@H]1OC[C@@H](O)[C@H](O[C@@H]2OC[C@](O)(CO)[C@H]2O)[C@H]1O. The van der Waals surface area contributed by atoms with Crippen LogP contribution in [0.15, 0.2) is 11.6 Å². The largest absolute Gasteiger partial charge is 0.481 e. The van der Waals surface area contributed by atoms with Crippen LogP contribution in [0.2, 0.25) is 0 Å². The van der Waals surface area contributed by atoms with Crippen molar-refractivity contribution >= 4 is 11.9 Å². The molecule has 0 bridgehead atoms. The Balaban J connectivity index is 0.872. The third kappa shape index (κ3) is 10.4. The van der Waals surface area contributed by atoms with Crippen LogP contribution in [0.5, 0.6) is 0 Å². The van der Waals surface area contributed by atoms with Gasteiger partial charge in [0.1, 0.15) is 102 Å². The van der Waals surface area contributed by atoms with E-state index in [9.17, 15) is 91.6 Å². The van der Waals surface area contributed by atoms with Crippen LogP contribution in [-0.4, -0.2) is 285 Å². The number of ether oxygens (including phenoxy) is 10. The molecule has 5 heterocycles. The molecule has 0 aromatic carbocycles. The Morgan fingerprint density at radius 2 is 1.26 bits per heavy atom. The van der Waals surface area contributed by atoms with Gasteiger partial charge in [0.25, 0.3) is 0 Å². The Bertz CT molecular complexity index is 2470. The lowest BCUT2D eigenvalue weighted by molar-refractivity contribution is -0.372. The number of hydrogen-bond acceptors (Lipinski definition) is 28. The minimum absolute atomic E-state index is 0.00616. The highest BCUT2D eigenvalue weighted by molar-refractivity contribution is 5.80. The van der Waals surface area contributed by atoms with E-state index < -0.39 is 243 Å². The van der Waals surface area contributed by atoms with Crippen molar-refractivity contribution in [2.24, 2.45) is 50.2 Å². The summed E-state index contributed by atoms with van der Waals surface area (Å²) >= 11 is 0. The molecule has 9 fully saturated rings. The Labute approximate surface area is 495 Å². The van der Waals surface area contributed by atoms with E-state index in [1.165, 1.54) is 6.92 Å². The molecule has 29 nitrogen and oxygen atoms in total. The first-order chi connectivity index (χ1) is 40.2. The van der Waals surface area contributed by atoms with Crippen molar-refractivity contribution in [3.8, 4) is 0 Å². The van der Waals surface area contributed by atoms with Gasteiger partial charge in [0.15, 0.2) is 31.3 Å². The van der Waals surface area contributed by atoms with Gasteiger partial charge in [0, 0.05) is 0 Å². The van der Waals surface area contributed by atoms with Crippen LogP contribution in [-0.2, 0) is 57.0 Å². The summed E-state index contributed by atoms with van der Waals surface area (Å²) in [5.41, 5.74) is -8.17. The summed E-state index contributed by atoms with van der Waals surface area (Å²) in [4.78, 5) is 29.3. The van der Waals surface area contributed by atoms with Gasteiger partial charge in [-0.1, -0.05) is 46.3 Å². The minimum atomic E-state index is -2.21. The van der Waals surface area contributed by atoms with Gasteiger partial charge >= 0.3 is 11.9 Å². The highest BCUT2D eigenvalue weighted by Gasteiger charge is 2.75. The Hall–Kier alpha value is -2.32. The zero-order valence-corrected chi connectivity index (χ0v) is 49.0. The lowest BCUT2D eigenvalue weighted by atomic mass is 9.33. The summed E-state index contributed by atoms with van der Waals surface area (Å²) in [6.07, 6.45) is -35.2. The fraction of sp³-hybridized carbons (Fsp3) is 0.930. The number of carbonyl (C=O) groups excluding carboxylic acids is 1. The summed E-state index contributed by atoms with van der Waals surface area (Å²) in [6, 6.07) is 0. The Morgan fingerprint density at radius 1 is 0.616 bits per heavy atom. The smallest absolute Gasteiger partial charge is 0.317 e. The number of fused-ring (bicyclic) bond motifs is 7. The number of aliphatic carboxylic acids is 1. The van der Waals surface area contributed by atoms with Gasteiger partial charge in [0.05, 0.1) is 58.0 Å². The van der Waals surface area contributed by atoms with E-state index in [0.29, 0.717) is 25.7 Å². The van der Waals surface area contributed by atoms with Gasteiger partial charge in [-0.25, -0.2) is 0 Å². The van der Waals surface area contributed by atoms with Gasteiger partial charge in [-0.05, 0) is 97.7 Å². The van der Waals surface area contributed by atoms with Crippen LogP contribution in [0, 0.1) is 50.2 Å². The molecule has 0 aromatic rings. The van der Waals surface area contributed by atoms with Gasteiger partial charge in [-0.15, -0.1) is 0 Å². The summed E-state index contributed by atoms with van der Waals surface area (Å²) in [5, 5.41) is 187. The highest BCUT2D eigenvalue weighted by atomic mass is 16.8. The molecule has 0 aromatic heterocycles. The number of allylic oxidation sites excluding steroid dienone is 2. The number of aliphatic hydroxyl groups excluding tert-OH is 15. The first-order valence-electron chi connectivity index (χ1n) is 29.9. The van der Waals surface area contributed by atoms with E-state index >= 15 is 4.79 Å². The summed E-state index contributed by atoms with van der Waals surface area (Å²) in [6.45, 7) is 7.22. The topological polar surface area (TPSA) is 470 Å². The van der Waals surface area contributed by atoms with Crippen molar-refractivity contribution in [3.63, 3.8) is 0 Å². The molecule has 86 heavy (non-hydrogen) atoms. The number of carboxylic acid groups (broad SMARTS) is 1. The number of carboxylic acids is 1. The molecule has 2 unspecified atom stereocenters. The molecule has 5 aliphatic carbocycles. The molecule has 0 spiro atoms. The zero-order chi connectivity index (χ0) is 62.9. The number of rotatable bonds is 14. The van der Waals surface area contributed by atoms with Crippen LogP contribution in [0.1, 0.15) is 92.9 Å². The number of carbonyl (C=O) groups is 2. The molecule has 29 heteroatoms.